The Bertz CT molecular complexity index is 479. The SMILES string of the molecule is Cc1nc(CCNCc2ncccc2C)cs1. The van der Waals surface area contributed by atoms with E-state index in [0.717, 1.165) is 30.2 Å². The molecule has 0 fully saturated rings. The highest BCUT2D eigenvalue weighted by molar-refractivity contribution is 7.09. The van der Waals surface area contributed by atoms with Crippen LogP contribution >= 0.6 is 11.3 Å². The van der Waals surface area contributed by atoms with Crippen LogP contribution in [0.1, 0.15) is 22.0 Å². The van der Waals surface area contributed by atoms with Gasteiger partial charge < -0.3 is 5.32 Å². The van der Waals surface area contributed by atoms with Gasteiger partial charge in [0.05, 0.1) is 16.4 Å². The van der Waals surface area contributed by atoms with E-state index in [0.29, 0.717) is 0 Å². The Labute approximate surface area is 106 Å². The molecule has 0 aliphatic heterocycles. The van der Waals surface area contributed by atoms with Crippen molar-refractivity contribution in [2.75, 3.05) is 6.54 Å². The predicted molar refractivity (Wildman–Crippen MR) is 71.2 cm³/mol. The molecule has 0 radical (unpaired) electrons. The lowest BCUT2D eigenvalue weighted by Crippen LogP contribution is -2.18. The van der Waals surface area contributed by atoms with Crippen molar-refractivity contribution >= 4 is 11.3 Å². The van der Waals surface area contributed by atoms with Gasteiger partial charge in [-0.15, -0.1) is 11.3 Å². The molecule has 0 saturated heterocycles. The Balaban J connectivity index is 1.75. The summed E-state index contributed by atoms with van der Waals surface area (Å²) in [7, 11) is 0. The standard InChI is InChI=1S/C13H17N3S/c1-10-4-3-6-15-13(10)8-14-7-5-12-9-17-11(2)16-12/h3-4,6,9,14H,5,7-8H2,1-2H3. The smallest absolute Gasteiger partial charge is 0.0897 e. The van der Waals surface area contributed by atoms with Gasteiger partial charge >= 0.3 is 0 Å². The van der Waals surface area contributed by atoms with E-state index in [4.69, 9.17) is 0 Å². The Morgan fingerprint density at radius 3 is 2.94 bits per heavy atom. The van der Waals surface area contributed by atoms with Gasteiger partial charge in [-0.2, -0.15) is 0 Å². The first kappa shape index (κ1) is 12.2. The largest absolute Gasteiger partial charge is 0.311 e. The number of hydrogen-bond acceptors (Lipinski definition) is 4. The van der Waals surface area contributed by atoms with Crippen LogP contribution in [-0.2, 0) is 13.0 Å². The second kappa shape index (κ2) is 5.89. The van der Waals surface area contributed by atoms with Crippen LogP contribution in [-0.4, -0.2) is 16.5 Å². The summed E-state index contributed by atoms with van der Waals surface area (Å²) < 4.78 is 0. The number of nitrogens with zero attached hydrogens (tertiary/aromatic N) is 2. The van der Waals surface area contributed by atoms with Crippen LogP contribution < -0.4 is 5.32 Å². The van der Waals surface area contributed by atoms with E-state index in [2.05, 4.69) is 33.7 Å². The van der Waals surface area contributed by atoms with Gasteiger partial charge in [-0.3, -0.25) is 4.98 Å². The fourth-order valence-corrected chi connectivity index (χ4v) is 2.30. The molecule has 0 amide bonds. The van der Waals surface area contributed by atoms with Crippen molar-refractivity contribution in [1.29, 1.82) is 0 Å². The summed E-state index contributed by atoms with van der Waals surface area (Å²) in [5.74, 6) is 0. The zero-order valence-corrected chi connectivity index (χ0v) is 11.0. The van der Waals surface area contributed by atoms with E-state index in [9.17, 15) is 0 Å². The Kier molecular flexibility index (Phi) is 4.23. The van der Waals surface area contributed by atoms with Gasteiger partial charge in [0.25, 0.3) is 0 Å². The molecule has 0 bridgehead atoms. The Morgan fingerprint density at radius 2 is 2.24 bits per heavy atom. The van der Waals surface area contributed by atoms with Crippen molar-refractivity contribution < 1.29 is 0 Å². The molecule has 2 heterocycles. The highest BCUT2D eigenvalue weighted by Gasteiger charge is 2.00. The average molecular weight is 247 g/mol. The summed E-state index contributed by atoms with van der Waals surface area (Å²) in [5.41, 5.74) is 3.55. The van der Waals surface area contributed by atoms with Crippen LogP contribution in [0.25, 0.3) is 0 Å². The summed E-state index contributed by atoms with van der Waals surface area (Å²) in [4.78, 5) is 8.79. The van der Waals surface area contributed by atoms with Crippen LogP contribution in [0.2, 0.25) is 0 Å². The highest BCUT2D eigenvalue weighted by atomic mass is 32.1. The number of aromatic nitrogens is 2. The summed E-state index contributed by atoms with van der Waals surface area (Å²) in [6.07, 6.45) is 2.82. The van der Waals surface area contributed by atoms with Gasteiger partial charge in [0, 0.05) is 31.1 Å². The lowest BCUT2D eigenvalue weighted by molar-refractivity contribution is 0.666. The second-order valence-corrected chi connectivity index (χ2v) is 5.11. The molecule has 17 heavy (non-hydrogen) atoms. The molecule has 1 N–H and O–H groups in total. The molecule has 0 atom stereocenters. The number of rotatable bonds is 5. The summed E-state index contributed by atoms with van der Waals surface area (Å²) in [6, 6.07) is 4.06. The molecule has 90 valence electrons. The van der Waals surface area contributed by atoms with Crippen molar-refractivity contribution in [1.82, 2.24) is 15.3 Å². The zero-order valence-electron chi connectivity index (χ0n) is 10.2. The van der Waals surface area contributed by atoms with Gasteiger partial charge in [0.2, 0.25) is 0 Å². The summed E-state index contributed by atoms with van der Waals surface area (Å²) in [6.45, 7) is 5.90. The van der Waals surface area contributed by atoms with E-state index in [1.807, 2.05) is 19.2 Å². The van der Waals surface area contributed by atoms with E-state index in [-0.39, 0.29) is 0 Å². The molecule has 4 heteroatoms. The van der Waals surface area contributed by atoms with Crippen LogP contribution in [0, 0.1) is 13.8 Å². The Hall–Kier alpha value is -1.26. The minimum Gasteiger partial charge on any atom is -0.311 e. The van der Waals surface area contributed by atoms with Crippen LogP contribution in [0.5, 0.6) is 0 Å². The molecule has 0 saturated carbocycles. The van der Waals surface area contributed by atoms with Crippen LogP contribution in [0.15, 0.2) is 23.7 Å². The Morgan fingerprint density at radius 1 is 1.35 bits per heavy atom. The number of aryl methyl sites for hydroxylation is 2. The fraction of sp³-hybridized carbons (Fsp3) is 0.385. The number of pyridine rings is 1. The highest BCUT2D eigenvalue weighted by Crippen LogP contribution is 2.08. The maximum Gasteiger partial charge on any atom is 0.0897 e. The number of thiazole rings is 1. The monoisotopic (exact) mass is 247 g/mol. The molecule has 3 nitrogen and oxygen atoms in total. The number of hydrogen-bond donors (Lipinski definition) is 1. The fourth-order valence-electron chi connectivity index (χ4n) is 1.65. The first-order chi connectivity index (χ1) is 8.25. The van der Waals surface area contributed by atoms with Crippen molar-refractivity contribution in [3.63, 3.8) is 0 Å². The van der Waals surface area contributed by atoms with Crippen molar-refractivity contribution in [3.05, 3.63) is 45.7 Å². The van der Waals surface area contributed by atoms with Gasteiger partial charge in [-0.05, 0) is 25.5 Å². The lowest BCUT2D eigenvalue weighted by Gasteiger charge is -2.05. The first-order valence-corrected chi connectivity index (χ1v) is 6.66. The summed E-state index contributed by atoms with van der Waals surface area (Å²) >= 11 is 1.71. The third kappa shape index (κ3) is 3.61. The zero-order chi connectivity index (χ0) is 12.1. The van der Waals surface area contributed by atoms with Gasteiger partial charge in [0.1, 0.15) is 0 Å². The predicted octanol–water partition coefficient (Wildman–Crippen LogP) is 2.49. The quantitative estimate of drug-likeness (QED) is 0.825. The average Bonchev–Trinajstić information content (AvgIpc) is 2.73. The normalized spacial score (nSPS) is 10.7. The van der Waals surface area contributed by atoms with E-state index < -0.39 is 0 Å². The molecule has 2 aromatic heterocycles. The minimum atomic E-state index is 0.829. The number of nitrogens with one attached hydrogen (secondary N) is 1. The topological polar surface area (TPSA) is 37.8 Å². The summed E-state index contributed by atoms with van der Waals surface area (Å²) in [5, 5.41) is 6.67. The minimum absolute atomic E-state index is 0.829. The first-order valence-electron chi connectivity index (χ1n) is 5.78. The maximum absolute atomic E-state index is 4.44. The maximum atomic E-state index is 4.44. The molecule has 0 unspecified atom stereocenters. The molecule has 2 rings (SSSR count). The van der Waals surface area contributed by atoms with Gasteiger partial charge in [0.15, 0.2) is 0 Å². The van der Waals surface area contributed by atoms with E-state index in [1.54, 1.807) is 11.3 Å². The molecular formula is C13H17N3S. The second-order valence-electron chi connectivity index (χ2n) is 4.05. The van der Waals surface area contributed by atoms with E-state index >= 15 is 0 Å². The van der Waals surface area contributed by atoms with Gasteiger partial charge in [-0.25, -0.2) is 4.98 Å². The molecule has 0 aliphatic rings. The van der Waals surface area contributed by atoms with Crippen LogP contribution in [0.4, 0.5) is 0 Å². The molecular weight excluding hydrogens is 230 g/mol. The molecule has 0 spiro atoms. The van der Waals surface area contributed by atoms with Crippen molar-refractivity contribution in [2.45, 2.75) is 26.8 Å². The van der Waals surface area contributed by atoms with Gasteiger partial charge in [-0.1, -0.05) is 6.07 Å². The lowest BCUT2D eigenvalue weighted by atomic mass is 10.2. The molecule has 2 aromatic rings. The molecule has 0 aromatic carbocycles. The third-order valence-electron chi connectivity index (χ3n) is 2.63. The molecule has 0 aliphatic carbocycles. The van der Waals surface area contributed by atoms with E-state index in [1.165, 1.54) is 11.3 Å². The van der Waals surface area contributed by atoms with Crippen LogP contribution in [0.3, 0.4) is 0 Å². The third-order valence-corrected chi connectivity index (χ3v) is 3.46. The van der Waals surface area contributed by atoms with Crippen molar-refractivity contribution in [3.8, 4) is 0 Å². The van der Waals surface area contributed by atoms with Crippen molar-refractivity contribution in [2.24, 2.45) is 0 Å².